The van der Waals surface area contributed by atoms with Crippen molar-refractivity contribution in [2.45, 2.75) is 38.8 Å². The molecule has 16 heavy (non-hydrogen) atoms. The van der Waals surface area contributed by atoms with Gasteiger partial charge in [-0.25, -0.2) is 0 Å². The molecule has 0 aliphatic heterocycles. The summed E-state index contributed by atoms with van der Waals surface area (Å²) < 4.78 is 5.22. The summed E-state index contributed by atoms with van der Waals surface area (Å²) in [7, 11) is 0. The van der Waals surface area contributed by atoms with Gasteiger partial charge in [-0.15, -0.1) is 6.58 Å². The van der Waals surface area contributed by atoms with E-state index in [0.717, 1.165) is 0 Å². The number of hydrogen-bond acceptors (Lipinski definition) is 3. The molecule has 2 N–H and O–H groups in total. The molecular weight excluding hydrogens is 210 g/mol. The molecule has 0 aromatic carbocycles. The first-order valence-corrected chi connectivity index (χ1v) is 5.22. The number of hydrogen-bond donors (Lipinski definition) is 2. The maximum atomic E-state index is 11.5. The molecule has 0 saturated carbocycles. The van der Waals surface area contributed by atoms with Crippen LogP contribution in [0.15, 0.2) is 12.7 Å². The van der Waals surface area contributed by atoms with Crippen LogP contribution >= 0.6 is 0 Å². The lowest BCUT2D eigenvalue weighted by Crippen LogP contribution is -2.41. The van der Waals surface area contributed by atoms with Gasteiger partial charge in [0.05, 0.1) is 13.0 Å². The standard InChI is InChI=1S/C11H19NO4/c1-4-5-6-16-9(3)11(15)12-8(2)7-10(13)14/h4,8-9H,1,5-7H2,2-3H3,(H,12,15)(H,13,14). The lowest BCUT2D eigenvalue weighted by Gasteiger charge is -2.16. The van der Waals surface area contributed by atoms with E-state index in [-0.39, 0.29) is 12.3 Å². The van der Waals surface area contributed by atoms with Crippen molar-refractivity contribution in [2.24, 2.45) is 0 Å². The van der Waals surface area contributed by atoms with Crippen molar-refractivity contribution < 1.29 is 19.4 Å². The minimum Gasteiger partial charge on any atom is -0.481 e. The molecule has 92 valence electrons. The Morgan fingerprint density at radius 3 is 2.62 bits per heavy atom. The molecule has 2 unspecified atom stereocenters. The molecule has 5 nitrogen and oxygen atoms in total. The van der Waals surface area contributed by atoms with E-state index < -0.39 is 18.1 Å². The first-order valence-electron chi connectivity index (χ1n) is 5.22. The Kier molecular flexibility index (Phi) is 7.20. The molecule has 0 aromatic rings. The second kappa shape index (κ2) is 7.87. The second-order valence-electron chi connectivity index (χ2n) is 3.60. The topological polar surface area (TPSA) is 75.6 Å². The third kappa shape index (κ3) is 7.00. The van der Waals surface area contributed by atoms with Gasteiger partial charge >= 0.3 is 5.97 Å². The SMILES string of the molecule is C=CCCOC(C)C(=O)NC(C)CC(=O)O. The predicted molar refractivity (Wildman–Crippen MR) is 60.1 cm³/mol. The highest BCUT2D eigenvalue weighted by molar-refractivity contribution is 5.81. The molecule has 5 heteroatoms. The van der Waals surface area contributed by atoms with Crippen LogP contribution in [-0.2, 0) is 14.3 Å². The molecule has 0 radical (unpaired) electrons. The molecule has 0 fully saturated rings. The summed E-state index contributed by atoms with van der Waals surface area (Å²) in [5.74, 6) is -1.23. The maximum Gasteiger partial charge on any atom is 0.305 e. The molecule has 0 saturated heterocycles. The van der Waals surface area contributed by atoms with E-state index in [1.807, 2.05) is 0 Å². The van der Waals surface area contributed by atoms with Crippen LogP contribution in [0.3, 0.4) is 0 Å². The monoisotopic (exact) mass is 229 g/mol. The van der Waals surface area contributed by atoms with Gasteiger partial charge in [-0.1, -0.05) is 6.08 Å². The molecule has 0 spiro atoms. The highest BCUT2D eigenvalue weighted by atomic mass is 16.5. The fourth-order valence-corrected chi connectivity index (χ4v) is 1.08. The number of rotatable bonds is 8. The molecular formula is C11H19NO4. The average molecular weight is 229 g/mol. The van der Waals surface area contributed by atoms with E-state index in [4.69, 9.17) is 9.84 Å². The number of amides is 1. The Labute approximate surface area is 95.5 Å². The average Bonchev–Trinajstić information content (AvgIpc) is 2.16. The number of carboxylic acid groups (broad SMARTS) is 1. The first-order chi connectivity index (χ1) is 7.47. The Bertz CT molecular complexity index is 252. The Morgan fingerprint density at radius 2 is 2.12 bits per heavy atom. The second-order valence-corrected chi connectivity index (χ2v) is 3.60. The van der Waals surface area contributed by atoms with Gasteiger partial charge in [0.1, 0.15) is 6.10 Å². The van der Waals surface area contributed by atoms with Crippen molar-refractivity contribution in [1.82, 2.24) is 5.32 Å². The van der Waals surface area contributed by atoms with Gasteiger partial charge in [-0.3, -0.25) is 9.59 Å². The maximum absolute atomic E-state index is 11.5. The molecule has 0 aliphatic rings. The number of aliphatic carboxylic acids is 1. The summed E-state index contributed by atoms with van der Waals surface area (Å²) in [5, 5.41) is 11.1. The van der Waals surface area contributed by atoms with Gasteiger partial charge in [0.25, 0.3) is 0 Å². The zero-order valence-corrected chi connectivity index (χ0v) is 9.73. The predicted octanol–water partition coefficient (Wildman–Crippen LogP) is 0.947. The van der Waals surface area contributed by atoms with Crippen LogP contribution in [0.25, 0.3) is 0 Å². The van der Waals surface area contributed by atoms with Crippen molar-refractivity contribution in [1.29, 1.82) is 0 Å². The third-order valence-corrected chi connectivity index (χ3v) is 1.93. The zero-order valence-electron chi connectivity index (χ0n) is 9.73. The van der Waals surface area contributed by atoms with Crippen LogP contribution in [0.2, 0.25) is 0 Å². The minimum absolute atomic E-state index is 0.0921. The van der Waals surface area contributed by atoms with Crippen molar-refractivity contribution >= 4 is 11.9 Å². The van der Waals surface area contributed by atoms with Crippen molar-refractivity contribution in [3.8, 4) is 0 Å². The largest absolute Gasteiger partial charge is 0.481 e. The first kappa shape index (κ1) is 14.6. The van der Waals surface area contributed by atoms with Crippen LogP contribution < -0.4 is 5.32 Å². The Hall–Kier alpha value is -1.36. The lowest BCUT2D eigenvalue weighted by atomic mass is 10.2. The zero-order chi connectivity index (χ0) is 12.6. The molecule has 0 aromatic heterocycles. The smallest absolute Gasteiger partial charge is 0.305 e. The lowest BCUT2D eigenvalue weighted by molar-refractivity contribution is -0.138. The van der Waals surface area contributed by atoms with E-state index in [1.165, 1.54) is 0 Å². The summed E-state index contributed by atoms with van der Waals surface area (Å²) in [4.78, 5) is 21.9. The van der Waals surface area contributed by atoms with Crippen molar-refractivity contribution in [3.05, 3.63) is 12.7 Å². The molecule has 0 heterocycles. The van der Waals surface area contributed by atoms with Gasteiger partial charge in [0.15, 0.2) is 0 Å². The van der Waals surface area contributed by atoms with Gasteiger partial charge in [-0.2, -0.15) is 0 Å². The van der Waals surface area contributed by atoms with Gasteiger partial charge in [0, 0.05) is 6.04 Å². The number of nitrogens with one attached hydrogen (secondary N) is 1. The fraction of sp³-hybridized carbons (Fsp3) is 0.636. The highest BCUT2D eigenvalue weighted by Crippen LogP contribution is 1.96. The molecule has 0 aliphatic carbocycles. The van der Waals surface area contributed by atoms with Crippen LogP contribution in [0, 0.1) is 0 Å². The Balaban J connectivity index is 3.85. The van der Waals surface area contributed by atoms with E-state index in [2.05, 4.69) is 11.9 Å². The number of ether oxygens (including phenoxy) is 1. The van der Waals surface area contributed by atoms with E-state index in [9.17, 15) is 9.59 Å². The minimum atomic E-state index is -0.937. The van der Waals surface area contributed by atoms with Crippen LogP contribution in [-0.4, -0.2) is 35.7 Å². The summed E-state index contributed by atoms with van der Waals surface area (Å²) >= 11 is 0. The number of carbonyl (C=O) groups excluding carboxylic acids is 1. The molecule has 0 rings (SSSR count). The van der Waals surface area contributed by atoms with Gasteiger partial charge in [0.2, 0.25) is 5.91 Å². The summed E-state index contributed by atoms with van der Waals surface area (Å²) in [5.41, 5.74) is 0. The normalized spacial score (nSPS) is 13.9. The van der Waals surface area contributed by atoms with E-state index >= 15 is 0 Å². The Morgan fingerprint density at radius 1 is 1.50 bits per heavy atom. The van der Waals surface area contributed by atoms with Crippen LogP contribution in [0.1, 0.15) is 26.7 Å². The van der Waals surface area contributed by atoms with Gasteiger partial charge < -0.3 is 15.2 Å². The summed E-state index contributed by atoms with van der Waals surface area (Å²) in [6.07, 6.45) is 1.72. The van der Waals surface area contributed by atoms with E-state index in [0.29, 0.717) is 13.0 Å². The fourth-order valence-electron chi connectivity index (χ4n) is 1.08. The summed E-state index contributed by atoms with van der Waals surface area (Å²) in [6.45, 7) is 7.25. The van der Waals surface area contributed by atoms with Gasteiger partial charge in [-0.05, 0) is 20.3 Å². The van der Waals surface area contributed by atoms with E-state index in [1.54, 1.807) is 19.9 Å². The number of carboxylic acids is 1. The molecule has 1 amide bonds. The third-order valence-electron chi connectivity index (χ3n) is 1.93. The summed E-state index contributed by atoms with van der Waals surface area (Å²) in [6, 6.07) is -0.393. The van der Waals surface area contributed by atoms with Crippen LogP contribution in [0.5, 0.6) is 0 Å². The van der Waals surface area contributed by atoms with Crippen molar-refractivity contribution in [2.75, 3.05) is 6.61 Å². The van der Waals surface area contributed by atoms with Crippen LogP contribution in [0.4, 0.5) is 0 Å². The quantitative estimate of drug-likeness (QED) is 0.480. The highest BCUT2D eigenvalue weighted by Gasteiger charge is 2.16. The molecule has 2 atom stereocenters. The molecule has 0 bridgehead atoms. The van der Waals surface area contributed by atoms with Crippen molar-refractivity contribution in [3.63, 3.8) is 0 Å². The number of carbonyl (C=O) groups is 2.